The minimum absolute atomic E-state index is 0.00736. The van der Waals surface area contributed by atoms with Crippen LogP contribution in [0.1, 0.15) is 53.1 Å². The summed E-state index contributed by atoms with van der Waals surface area (Å²) in [5.41, 5.74) is 9.32. The van der Waals surface area contributed by atoms with Gasteiger partial charge in [-0.1, -0.05) is 17.7 Å². The van der Waals surface area contributed by atoms with Crippen molar-refractivity contribution in [1.29, 1.82) is 0 Å². The summed E-state index contributed by atoms with van der Waals surface area (Å²) in [4.78, 5) is 26.4. The van der Waals surface area contributed by atoms with Gasteiger partial charge in [0.05, 0.1) is 18.2 Å². The fourth-order valence-electron chi connectivity index (χ4n) is 4.81. The maximum absolute atomic E-state index is 14.2. The molecule has 0 fully saturated rings. The maximum Gasteiger partial charge on any atom is 0.271 e. The van der Waals surface area contributed by atoms with Crippen molar-refractivity contribution in [1.82, 2.24) is 24.9 Å². The topological polar surface area (TPSA) is 101 Å². The van der Waals surface area contributed by atoms with Gasteiger partial charge in [0.2, 0.25) is 0 Å². The van der Waals surface area contributed by atoms with Crippen LogP contribution in [0.3, 0.4) is 0 Å². The molecule has 0 bridgehead atoms. The first-order valence-corrected chi connectivity index (χ1v) is 12.4. The van der Waals surface area contributed by atoms with Crippen LogP contribution in [-0.4, -0.2) is 64.9 Å². The summed E-state index contributed by atoms with van der Waals surface area (Å²) >= 11 is 6.72. The van der Waals surface area contributed by atoms with Gasteiger partial charge in [0.25, 0.3) is 12.3 Å². The fourth-order valence-corrected chi connectivity index (χ4v) is 5.02. The van der Waals surface area contributed by atoms with Gasteiger partial charge in [0.15, 0.2) is 5.82 Å². The molecule has 1 aliphatic heterocycles. The highest BCUT2D eigenvalue weighted by Gasteiger charge is 2.45. The van der Waals surface area contributed by atoms with Crippen LogP contribution in [0.2, 0.25) is 5.02 Å². The Bertz CT molecular complexity index is 1350. The number of ether oxygens (including phenoxy) is 1. The van der Waals surface area contributed by atoms with Crippen molar-refractivity contribution in [2.75, 3.05) is 38.5 Å². The number of pyridine rings is 1. The summed E-state index contributed by atoms with van der Waals surface area (Å²) in [5.74, 6) is 0.622. The summed E-state index contributed by atoms with van der Waals surface area (Å²) in [7, 11) is 4.88. The van der Waals surface area contributed by atoms with Crippen molar-refractivity contribution in [3.63, 3.8) is 0 Å². The van der Waals surface area contributed by atoms with E-state index in [1.54, 1.807) is 50.5 Å². The molecule has 1 amide bonds. The molecule has 3 heterocycles. The summed E-state index contributed by atoms with van der Waals surface area (Å²) in [6.07, 6.45) is 0.140. The van der Waals surface area contributed by atoms with E-state index in [-0.39, 0.29) is 17.3 Å². The number of nitrogens with two attached hydrogens (primary N) is 1. The number of hydrazine groups is 1. The molecule has 9 nitrogen and oxygen atoms in total. The maximum atomic E-state index is 14.2. The van der Waals surface area contributed by atoms with Crippen LogP contribution in [0.25, 0.3) is 11.1 Å². The highest BCUT2D eigenvalue weighted by molar-refractivity contribution is 6.32. The number of nitrogen functional groups attached to an aromatic ring is 1. The standard InChI is InChI=1S/C26H30ClF2N7O2/c1-7-38-22-16(14(3)36-25-20(24(30)32-12-33-25)21(23(28)29)35(36)6)10-17(27)13(2)19(22)15-8-9-18(31-11-15)26(37)34(4)5/h8-12,14,21,23H,7H2,1-6H3,(H2,30,32,33). The minimum Gasteiger partial charge on any atom is -0.493 e. The van der Waals surface area contributed by atoms with E-state index >= 15 is 0 Å². The number of hydrogen-bond donors (Lipinski definition) is 1. The third-order valence-electron chi connectivity index (χ3n) is 6.68. The number of anilines is 2. The van der Waals surface area contributed by atoms with E-state index in [0.29, 0.717) is 45.6 Å². The van der Waals surface area contributed by atoms with Crippen molar-refractivity contribution in [3.05, 3.63) is 58.1 Å². The van der Waals surface area contributed by atoms with Gasteiger partial charge in [-0.05, 0) is 38.5 Å². The highest BCUT2D eigenvalue weighted by atomic mass is 35.5. The zero-order valence-corrected chi connectivity index (χ0v) is 22.8. The Morgan fingerprint density at radius 3 is 2.55 bits per heavy atom. The Hall–Kier alpha value is -3.57. The molecule has 0 radical (unpaired) electrons. The predicted octanol–water partition coefficient (Wildman–Crippen LogP) is 4.92. The number of halogens is 3. The Morgan fingerprint density at radius 2 is 1.97 bits per heavy atom. The van der Waals surface area contributed by atoms with Gasteiger partial charge in [-0.25, -0.2) is 23.8 Å². The summed E-state index contributed by atoms with van der Waals surface area (Å²) in [6, 6.07) is 3.38. The van der Waals surface area contributed by atoms with Gasteiger partial charge in [0.1, 0.15) is 29.6 Å². The summed E-state index contributed by atoms with van der Waals surface area (Å²) < 4.78 is 34.5. The zero-order valence-electron chi connectivity index (χ0n) is 22.0. The molecule has 0 saturated carbocycles. The normalized spacial score (nSPS) is 16.1. The van der Waals surface area contributed by atoms with E-state index < -0.39 is 18.5 Å². The van der Waals surface area contributed by atoms with Crippen LogP contribution in [0.15, 0.2) is 30.7 Å². The largest absolute Gasteiger partial charge is 0.493 e. The number of rotatable bonds is 7. The second kappa shape index (κ2) is 10.7. The number of hydrogen-bond acceptors (Lipinski definition) is 8. The third kappa shape index (κ3) is 4.60. The summed E-state index contributed by atoms with van der Waals surface area (Å²) in [5, 5.41) is 3.56. The van der Waals surface area contributed by atoms with Crippen LogP contribution < -0.4 is 15.5 Å². The van der Waals surface area contributed by atoms with E-state index in [9.17, 15) is 13.6 Å². The average Bonchev–Trinajstić information content (AvgIpc) is 3.19. The molecule has 0 saturated heterocycles. The van der Waals surface area contributed by atoms with E-state index in [1.165, 1.54) is 16.2 Å². The lowest BCUT2D eigenvalue weighted by Crippen LogP contribution is -2.41. The van der Waals surface area contributed by atoms with Gasteiger partial charge in [-0.15, -0.1) is 0 Å². The van der Waals surface area contributed by atoms with Crippen molar-refractivity contribution < 1.29 is 18.3 Å². The SMILES string of the molecule is CCOc1c(C(C)N2c3ncnc(N)c3C(C(F)F)N2C)cc(Cl)c(C)c1-c1ccc(C(=O)N(C)C)nc1. The Labute approximate surface area is 225 Å². The number of benzene rings is 1. The number of amides is 1. The number of nitrogens with zero attached hydrogens (tertiary/aromatic N) is 6. The second-order valence-corrected chi connectivity index (χ2v) is 9.62. The average molecular weight is 546 g/mol. The van der Waals surface area contributed by atoms with Crippen LogP contribution in [0, 0.1) is 6.92 Å². The molecule has 202 valence electrons. The lowest BCUT2D eigenvalue weighted by Gasteiger charge is -2.36. The van der Waals surface area contributed by atoms with E-state index in [4.69, 9.17) is 22.1 Å². The van der Waals surface area contributed by atoms with Crippen molar-refractivity contribution in [3.8, 4) is 16.9 Å². The molecule has 3 aromatic rings. The molecule has 0 spiro atoms. The van der Waals surface area contributed by atoms with Crippen molar-refractivity contribution in [2.45, 2.75) is 39.3 Å². The van der Waals surface area contributed by atoms with Crippen LogP contribution in [-0.2, 0) is 0 Å². The first kappa shape index (κ1) is 27.5. The van der Waals surface area contributed by atoms with Gasteiger partial charge in [0, 0.05) is 49.1 Å². The molecular weight excluding hydrogens is 516 g/mol. The molecule has 1 aliphatic rings. The number of carbonyl (C=O) groups excluding carboxylic acids is 1. The third-order valence-corrected chi connectivity index (χ3v) is 7.07. The van der Waals surface area contributed by atoms with E-state index in [1.807, 2.05) is 20.8 Å². The van der Waals surface area contributed by atoms with Gasteiger partial charge >= 0.3 is 0 Å². The monoisotopic (exact) mass is 545 g/mol. The Balaban J connectivity index is 1.87. The number of fused-ring (bicyclic) bond motifs is 1. The Kier molecular flexibility index (Phi) is 7.70. The van der Waals surface area contributed by atoms with Crippen molar-refractivity contribution >= 4 is 29.1 Å². The molecule has 38 heavy (non-hydrogen) atoms. The van der Waals surface area contributed by atoms with Gasteiger partial charge in [-0.3, -0.25) is 14.8 Å². The van der Waals surface area contributed by atoms with Crippen molar-refractivity contribution in [2.24, 2.45) is 0 Å². The van der Waals surface area contributed by atoms with E-state index in [0.717, 1.165) is 5.56 Å². The smallest absolute Gasteiger partial charge is 0.271 e. The molecule has 12 heteroatoms. The molecular formula is C26H30ClF2N7O2. The van der Waals surface area contributed by atoms with E-state index in [2.05, 4.69) is 15.0 Å². The summed E-state index contributed by atoms with van der Waals surface area (Å²) in [6.45, 7) is 5.93. The van der Waals surface area contributed by atoms with Crippen LogP contribution in [0.4, 0.5) is 20.4 Å². The van der Waals surface area contributed by atoms with Crippen LogP contribution >= 0.6 is 11.6 Å². The molecule has 4 rings (SSSR count). The zero-order chi connectivity index (χ0) is 27.9. The molecule has 2 aromatic heterocycles. The van der Waals surface area contributed by atoms with Gasteiger partial charge < -0.3 is 15.4 Å². The van der Waals surface area contributed by atoms with Gasteiger partial charge in [-0.2, -0.15) is 0 Å². The lowest BCUT2D eigenvalue weighted by atomic mass is 9.94. The fraction of sp³-hybridized carbons (Fsp3) is 0.385. The number of alkyl halides is 2. The number of carbonyl (C=O) groups is 1. The molecule has 2 atom stereocenters. The lowest BCUT2D eigenvalue weighted by molar-refractivity contribution is 0.0381. The minimum atomic E-state index is -2.72. The van der Waals surface area contributed by atoms with Crippen LogP contribution in [0.5, 0.6) is 5.75 Å². The highest BCUT2D eigenvalue weighted by Crippen LogP contribution is 2.50. The molecule has 0 aliphatic carbocycles. The first-order valence-electron chi connectivity index (χ1n) is 12.0. The first-order chi connectivity index (χ1) is 18.0. The molecule has 2 unspecified atom stereocenters. The predicted molar refractivity (Wildman–Crippen MR) is 142 cm³/mol. The Morgan fingerprint density at radius 1 is 1.26 bits per heavy atom. The molecule has 2 N–H and O–H groups in total. The second-order valence-electron chi connectivity index (χ2n) is 9.21. The number of aromatic nitrogens is 3. The molecule has 1 aromatic carbocycles. The quantitative estimate of drug-likeness (QED) is 0.446.